The molecule has 0 saturated heterocycles. The normalized spacial score (nSPS) is 18.3. The molecule has 1 aliphatic rings. The van der Waals surface area contributed by atoms with Gasteiger partial charge in [-0.2, -0.15) is 10.2 Å². The predicted octanol–water partition coefficient (Wildman–Crippen LogP) is 9.50. The summed E-state index contributed by atoms with van der Waals surface area (Å²) in [6, 6.07) is 9.67. The number of hydrogen-bond acceptors (Lipinski definition) is 2. The lowest BCUT2D eigenvalue weighted by Crippen LogP contribution is -2.15. The molecule has 0 atom stereocenters. The molecular weight excluding hydrogens is 419 g/mol. The summed E-state index contributed by atoms with van der Waals surface area (Å²) in [5.41, 5.74) is 3.47. The first-order chi connectivity index (χ1) is 16.7. The summed E-state index contributed by atoms with van der Waals surface area (Å²) < 4.78 is 14.9. The number of nitrogens with zero attached hydrogens (tertiary/aromatic N) is 2. The number of aromatic nitrogens is 2. The van der Waals surface area contributed by atoms with Crippen LogP contribution >= 0.6 is 0 Å². The van der Waals surface area contributed by atoms with E-state index in [9.17, 15) is 4.39 Å². The maximum atomic E-state index is 14.9. The molecule has 1 aromatic heterocycles. The quantitative estimate of drug-likeness (QED) is 0.244. The molecule has 0 radical (unpaired) electrons. The highest BCUT2D eigenvalue weighted by molar-refractivity contribution is 5.59. The van der Waals surface area contributed by atoms with Gasteiger partial charge in [0.25, 0.3) is 0 Å². The molecule has 188 valence electrons. The average molecular weight is 467 g/mol. The third-order valence-corrected chi connectivity index (χ3v) is 7.86. The van der Waals surface area contributed by atoms with Crippen LogP contribution in [0.5, 0.6) is 0 Å². The van der Waals surface area contributed by atoms with Gasteiger partial charge in [-0.15, -0.1) is 0 Å². The van der Waals surface area contributed by atoms with Gasteiger partial charge in [0.05, 0.1) is 11.4 Å². The maximum Gasteiger partial charge on any atom is 0.127 e. The standard InChI is InChI=1S/C31H47FN2/c1-3-5-7-9-11-13-29-22-23-31(34-33-29)28-21-20-27(30(32)24-28)19-18-26-16-14-25(15-17-26)12-10-8-6-4-2/h20-26H,3-19H2,1-2H3. The van der Waals surface area contributed by atoms with E-state index in [1.807, 2.05) is 24.3 Å². The number of hydrogen-bond donors (Lipinski definition) is 0. The minimum absolute atomic E-state index is 0.0936. The minimum atomic E-state index is -0.0936. The Morgan fingerprint density at radius 3 is 2.03 bits per heavy atom. The molecule has 3 rings (SSSR count). The summed E-state index contributed by atoms with van der Waals surface area (Å²) >= 11 is 0. The van der Waals surface area contributed by atoms with Crippen molar-refractivity contribution in [2.45, 2.75) is 123 Å². The van der Waals surface area contributed by atoms with E-state index in [0.717, 1.165) is 60.0 Å². The first kappa shape index (κ1) is 26.8. The summed E-state index contributed by atoms with van der Waals surface area (Å²) in [5.74, 6) is 1.62. The number of benzene rings is 1. The van der Waals surface area contributed by atoms with Gasteiger partial charge >= 0.3 is 0 Å². The molecule has 1 heterocycles. The Morgan fingerprint density at radius 1 is 0.706 bits per heavy atom. The molecule has 0 amide bonds. The van der Waals surface area contributed by atoms with Crippen molar-refractivity contribution in [3.8, 4) is 11.3 Å². The Kier molecular flexibility index (Phi) is 12.1. The molecule has 34 heavy (non-hydrogen) atoms. The molecule has 2 aromatic rings. The van der Waals surface area contributed by atoms with Gasteiger partial charge in [-0.25, -0.2) is 4.39 Å². The van der Waals surface area contributed by atoms with Crippen molar-refractivity contribution >= 4 is 0 Å². The maximum absolute atomic E-state index is 14.9. The number of rotatable bonds is 15. The molecule has 0 unspecified atom stereocenters. The van der Waals surface area contributed by atoms with E-state index in [2.05, 4.69) is 24.0 Å². The van der Waals surface area contributed by atoms with E-state index < -0.39 is 0 Å². The van der Waals surface area contributed by atoms with Crippen LogP contribution in [0.1, 0.15) is 121 Å². The van der Waals surface area contributed by atoms with Gasteiger partial charge in [-0.05, 0) is 61.3 Å². The molecule has 0 aliphatic heterocycles. The summed E-state index contributed by atoms with van der Waals surface area (Å²) in [4.78, 5) is 0. The Hall–Kier alpha value is -1.77. The largest absolute Gasteiger partial charge is 0.207 e. The van der Waals surface area contributed by atoms with Crippen molar-refractivity contribution in [1.29, 1.82) is 0 Å². The van der Waals surface area contributed by atoms with Gasteiger partial charge in [-0.1, -0.05) is 109 Å². The van der Waals surface area contributed by atoms with E-state index in [4.69, 9.17) is 0 Å². The molecule has 1 aliphatic carbocycles. The Bertz CT molecular complexity index is 809. The summed E-state index contributed by atoms with van der Waals surface area (Å²) in [7, 11) is 0. The Labute approximate surface area is 208 Å². The fraction of sp³-hybridized carbons (Fsp3) is 0.677. The van der Waals surface area contributed by atoms with Crippen molar-refractivity contribution in [2.24, 2.45) is 11.8 Å². The lowest BCUT2D eigenvalue weighted by atomic mass is 9.77. The van der Waals surface area contributed by atoms with Gasteiger partial charge in [0.1, 0.15) is 5.82 Å². The third kappa shape index (κ3) is 9.12. The lowest BCUT2D eigenvalue weighted by molar-refractivity contribution is 0.248. The fourth-order valence-corrected chi connectivity index (χ4v) is 5.49. The van der Waals surface area contributed by atoms with Crippen LogP contribution < -0.4 is 0 Å². The Balaban J connectivity index is 1.41. The van der Waals surface area contributed by atoms with Crippen LogP contribution in [0.3, 0.4) is 0 Å². The van der Waals surface area contributed by atoms with Crippen molar-refractivity contribution in [3.63, 3.8) is 0 Å². The number of unbranched alkanes of at least 4 members (excludes halogenated alkanes) is 7. The molecule has 1 saturated carbocycles. The van der Waals surface area contributed by atoms with Crippen LogP contribution in [0.2, 0.25) is 0 Å². The molecule has 2 nitrogen and oxygen atoms in total. The van der Waals surface area contributed by atoms with E-state index in [1.54, 1.807) is 6.07 Å². The smallest absolute Gasteiger partial charge is 0.127 e. The van der Waals surface area contributed by atoms with Crippen molar-refractivity contribution in [2.75, 3.05) is 0 Å². The molecule has 1 fully saturated rings. The molecule has 0 spiro atoms. The second-order valence-electron chi connectivity index (χ2n) is 10.7. The lowest BCUT2D eigenvalue weighted by Gasteiger charge is -2.28. The Morgan fingerprint density at radius 2 is 1.38 bits per heavy atom. The zero-order valence-corrected chi connectivity index (χ0v) is 21.8. The number of halogens is 1. The average Bonchev–Trinajstić information content (AvgIpc) is 2.87. The second kappa shape index (κ2) is 15.3. The van der Waals surface area contributed by atoms with Crippen LogP contribution in [-0.2, 0) is 12.8 Å². The molecule has 1 aromatic carbocycles. The van der Waals surface area contributed by atoms with Crippen molar-refractivity contribution in [3.05, 3.63) is 47.4 Å². The first-order valence-electron chi connectivity index (χ1n) is 14.3. The van der Waals surface area contributed by atoms with Crippen molar-refractivity contribution < 1.29 is 4.39 Å². The molecule has 0 N–H and O–H groups in total. The van der Waals surface area contributed by atoms with E-state index >= 15 is 0 Å². The third-order valence-electron chi connectivity index (χ3n) is 7.86. The summed E-state index contributed by atoms with van der Waals surface area (Å²) in [5, 5.41) is 8.76. The number of aryl methyl sites for hydroxylation is 2. The highest BCUT2D eigenvalue weighted by Gasteiger charge is 2.21. The van der Waals surface area contributed by atoms with E-state index in [0.29, 0.717) is 0 Å². The van der Waals surface area contributed by atoms with E-state index in [-0.39, 0.29) is 5.82 Å². The van der Waals surface area contributed by atoms with Gasteiger partial charge in [0.15, 0.2) is 0 Å². The zero-order chi connectivity index (χ0) is 24.0. The van der Waals surface area contributed by atoms with Crippen LogP contribution in [0.15, 0.2) is 30.3 Å². The molecule has 0 bridgehead atoms. The zero-order valence-electron chi connectivity index (χ0n) is 21.8. The van der Waals surface area contributed by atoms with E-state index in [1.165, 1.54) is 83.5 Å². The molecule has 3 heteroatoms. The minimum Gasteiger partial charge on any atom is -0.207 e. The van der Waals surface area contributed by atoms with Gasteiger partial charge in [-0.3, -0.25) is 0 Å². The van der Waals surface area contributed by atoms with Crippen LogP contribution in [0.4, 0.5) is 4.39 Å². The second-order valence-corrected chi connectivity index (χ2v) is 10.7. The topological polar surface area (TPSA) is 25.8 Å². The van der Waals surface area contributed by atoms with Gasteiger partial charge in [0, 0.05) is 5.56 Å². The van der Waals surface area contributed by atoms with Gasteiger partial charge in [0.2, 0.25) is 0 Å². The SMILES string of the molecule is CCCCCCCc1ccc(-c2ccc(CCC3CCC(CCCCCC)CC3)c(F)c2)nn1. The highest BCUT2D eigenvalue weighted by Crippen LogP contribution is 2.34. The van der Waals surface area contributed by atoms with Crippen LogP contribution in [0.25, 0.3) is 11.3 Å². The van der Waals surface area contributed by atoms with Crippen LogP contribution in [-0.4, -0.2) is 10.2 Å². The summed E-state index contributed by atoms with van der Waals surface area (Å²) in [6.45, 7) is 4.52. The fourth-order valence-electron chi connectivity index (χ4n) is 5.49. The van der Waals surface area contributed by atoms with Gasteiger partial charge < -0.3 is 0 Å². The van der Waals surface area contributed by atoms with Crippen molar-refractivity contribution in [1.82, 2.24) is 10.2 Å². The molecular formula is C31H47FN2. The first-order valence-corrected chi connectivity index (χ1v) is 14.3. The monoisotopic (exact) mass is 466 g/mol. The predicted molar refractivity (Wildman–Crippen MR) is 142 cm³/mol. The summed E-state index contributed by atoms with van der Waals surface area (Å²) in [6.07, 6.45) is 21.6. The highest BCUT2D eigenvalue weighted by atomic mass is 19.1. The van der Waals surface area contributed by atoms with Crippen LogP contribution in [0, 0.1) is 17.7 Å².